The highest BCUT2D eigenvalue weighted by atomic mass is 17.0. The molecule has 13 heavy (non-hydrogen) atoms. The van der Waals surface area contributed by atoms with Crippen molar-refractivity contribution in [3.8, 4) is 5.88 Å². The number of nitrogens with one attached hydrogen (secondary N) is 1. The lowest BCUT2D eigenvalue weighted by molar-refractivity contribution is -0.305. The first-order valence-electron chi connectivity index (χ1n) is 3.24. The SMILES string of the molecule is CON(OC)C(=O)Oc1cn[nH]n1. The van der Waals surface area contributed by atoms with E-state index in [0.717, 1.165) is 0 Å². The summed E-state index contributed by atoms with van der Waals surface area (Å²) in [6.07, 6.45) is 0.389. The second kappa shape index (κ2) is 4.38. The lowest BCUT2D eigenvalue weighted by Crippen LogP contribution is -2.31. The normalized spacial score (nSPS) is 9.69. The van der Waals surface area contributed by atoms with Crippen LogP contribution in [0.3, 0.4) is 0 Å². The predicted octanol–water partition coefficient (Wildman–Crippen LogP) is -0.272. The van der Waals surface area contributed by atoms with Gasteiger partial charge in [0.2, 0.25) is 0 Å². The number of aromatic nitrogens is 3. The van der Waals surface area contributed by atoms with Gasteiger partial charge in [0.25, 0.3) is 5.88 Å². The number of hydrogen-bond donors (Lipinski definition) is 1. The molecule has 1 rings (SSSR count). The lowest BCUT2D eigenvalue weighted by Gasteiger charge is -2.13. The summed E-state index contributed by atoms with van der Waals surface area (Å²) in [5.74, 6) is 0.0316. The minimum absolute atomic E-state index is 0.0316. The highest BCUT2D eigenvalue weighted by Gasteiger charge is 2.16. The van der Waals surface area contributed by atoms with Crippen LogP contribution in [-0.2, 0) is 9.68 Å². The third-order valence-corrected chi connectivity index (χ3v) is 1.07. The molecule has 0 bridgehead atoms. The fraction of sp³-hybridized carbons (Fsp3) is 0.400. The summed E-state index contributed by atoms with van der Waals surface area (Å²) in [5, 5.41) is 9.75. The molecule has 8 heteroatoms. The Balaban J connectivity index is 2.49. The number of amides is 1. The fourth-order valence-corrected chi connectivity index (χ4v) is 0.591. The molecule has 0 radical (unpaired) electrons. The summed E-state index contributed by atoms with van der Waals surface area (Å²) >= 11 is 0. The number of aromatic amines is 1. The van der Waals surface area contributed by atoms with Gasteiger partial charge in [-0.15, -0.1) is 5.10 Å². The van der Waals surface area contributed by atoms with E-state index in [9.17, 15) is 4.79 Å². The van der Waals surface area contributed by atoms with Crippen molar-refractivity contribution in [1.29, 1.82) is 0 Å². The molecule has 0 atom stereocenters. The molecule has 0 saturated heterocycles. The Morgan fingerprint density at radius 1 is 1.54 bits per heavy atom. The number of hydroxylamine groups is 2. The lowest BCUT2D eigenvalue weighted by atomic mass is 10.8. The van der Waals surface area contributed by atoms with E-state index in [4.69, 9.17) is 0 Å². The zero-order chi connectivity index (χ0) is 9.68. The van der Waals surface area contributed by atoms with E-state index >= 15 is 0 Å². The van der Waals surface area contributed by atoms with Gasteiger partial charge in [-0.2, -0.15) is 10.3 Å². The largest absolute Gasteiger partial charge is 0.466 e. The van der Waals surface area contributed by atoms with Crippen LogP contribution >= 0.6 is 0 Å². The third kappa shape index (κ3) is 2.39. The molecule has 0 unspecified atom stereocenters. The van der Waals surface area contributed by atoms with Crippen molar-refractivity contribution in [2.75, 3.05) is 14.2 Å². The molecule has 1 amide bonds. The van der Waals surface area contributed by atoms with Crippen LogP contribution in [-0.4, -0.2) is 41.0 Å². The number of hydrogen-bond acceptors (Lipinski definition) is 6. The Morgan fingerprint density at radius 2 is 2.23 bits per heavy atom. The van der Waals surface area contributed by atoms with Crippen LogP contribution in [0.25, 0.3) is 0 Å². The zero-order valence-corrected chi connectivity index (χ0v) is 7.05. The summed E-state index contributed by atoms with van der Waals surface area (Å²) in [5.41, 5.74) is 0. The van der Waals surface area contributed by atoms with E-state index in [1.54, 1.807) is 0 Å². The van der Waals surface area contributed by atoms with Crippen LogP contribution in [0.5, 0.6) is 5.88 Å². The van der Waals surface area contributed by atoms with Crippen molar-refractivity contribution >= 4 is 6.09 Å². The first-order valence-corrected chi connectivity index (χ1v) is 3.24. The second-order valence-corrected chi connectivity index (χ2v) is 1.80. The summed E-state index contributed by atoms with van der Waals surface area (Å²) in [7, 11) is 2.51. The molecule has 0 aliphatic rings. The maximum absolute atomic E-state index is 11.0. The maximum atomic E-state index is 11.0. The number of carbonyl (C=O) groups excluding carboxylic acids is 1. The molecule has 1 heterocycles. The molecule has 0 saturated carbocycles. The number of nitrogens with zero attached hydrogens (tertiary/aromatic N) is 3. The zero-order valence-electron chi connectivity index (χ0n) is 7.05. The monoisotopic (exact) mass is 188 g/mol. The molecular formula is C5H8N4O4. The summed E-state index contributed by atoms with van der Waals surface area (Å²) < 4.78 is 4.63. The molecular weight excluding hydrogens is 180 g/mol. The van der Waals surface area contributed by atoms with Gasteiger partial charge >= 0.3 is 6.09 Å². The molecule has 1 aromatic heterocycles. The van der Waals surface area contributed by atoms with Crippen LogP contribution in [0.1, 0.15) is 0 Å². The van der Waals surface area contributed by atoms with Gasteiger partial charge in [0.1, 0.15) is 6.20 Å². The first kappa shape index (κ1) is 9.42. The Labute approximate surface area is 73.3 Å². The molecule has 1 N–H and O–H groups in total. The highest BCUT2D eigenvalue weighted by Crippen LogP contribution is 2.03. The highest BCUT2D eigenvalue weighted by molar-refractivity contribution is 5.67. The van der Waals surface area contributed by atoms with E-state index in [2.05, 4.69) is 29.8 Å². The summed E-state index contributed by atoms with van der Waals surface area (Å²) in [4.78, 5) is 20.0. The standard InChI is InChI=1S/C5H8N4O4/c1-11-9(12-2)5(10)13-4-3-6-8-7-4/h3H,1-2H3,(H,6,7,8). The summed E-state index contributed by atoms with van der Waals surface area (Å²) in [6.45, 7) is 0. The van der Waals surface area contributed by atoms with Crippen molar-refractivity contribution in [3.05, 3.63) is 6.20 Å². The number of H-pyrrole nitrogens is 1. The van der Waals surface area contributed by atoms with Crippen LogP contribution in [0.2, 0.25) is 0 Å². The molecule has 72 valence electrons. The van der Waals surface area contributed by atoms with E-state index in [0.29, 0.717) is 5.23 Å². The Morgan fingerprint density at radius 3 is 2.69 bits per heavy atom. The van der Waals surface area contributed by atoms with Crippen molar-refractivity contribution in [2.24, 2.45) is 0 Å². The smallest absolute Gasteiger partial charge is 0.385 e. The number of carbonyl (C=O) groups is 1. The molecule has 1 aromatic rings. The molecule has 0 aliphatic carbocycles. The average molecular weight is 188 g/mol. The average Bonchev–Trinajstić information content (AvgIpc) is 2.59. The third-order valence-electron chi connectivity index (χ3n) is 1.07. The van der Waals surface area contributed by atoms with Crippen molar-refractivity contribution in [2.45, 2.75) is 0 Å². The fourth-order valence-electron chi connectivity index (χ4n) is 0.591. The van der Waals surface area contributed by atoms with Gasteiger partial charge in [-0.05, 0) is 5.23 Å². The van der Waals surface area contributed by atoms with Crippen LogP contribution in [0.15, 0.2) is 6.20 Å². The quantitative estimate of drug-likeness (QED) is 0.656. The Hall–Kier alpha value is -1.67. The van der Waals surface area contributed by atoms with E-state index in [1.807, 2.05) is 0 Å². The van der Waals surface area contributed by atoms with E-state index in [-0.39, 0.29) is 5.88 Å². The van der Waals surface area contributed by atoms with Gasteiger partial charge in [0.15, 0.2) is 0 Å². The summed E-state index contributed by atoms with van der Waals surface area (Å²) in [6, 6.07) is 0. The van der Waals surface area contributed by atoms with E-state index in [1.165, 1.54) is 20.4 Å². The van der Waals surface area contributed by atoms with Crippen LogP contribution in [0, 0.1) is 0 Å². The second-order valence-electron chi connectivity index (χ2n) is 1.80. The first-order chi connectivity index (χ1) is 6.27. The minimum Gasteiger partial charge on any atom is -0.385 e. The van der Waals surface area contributed by atoms with Gasteiger partial charge in [-0.25, -0.2) is 14.5 Å². The Bertz CT molecular complexity index is 258. The van der Waals surface area contributed by atoms with E-state index < -0.39 is 6.09 Å². The number of ether oxygens (including phenoxy) is 1. The van der Waals surface area contributed by atoms with Crippen molar-refractivity contribution in [1.82, 2.24) is 20.6 Å². The minimum atomic E-state index is -0.848. The van der Waals surface area contributed by atoms with Gasteiger partial charge in [0.05, 0.1) is 14.2 Å². The number of rotatable bonds is 3. The maximum Gasteiger partial charge on any atom is 0.466 e. The molecule has 0 aromatic carbocycles. The molecule has 0 fully saturated rings. The van der Waals surface area contributed by atoms with Gasteiger partial charge < -0.3 is 4.74 Å². The van der Waals surface area contributed by atoms with Gasteiger partial charge in [-0.1, -0.05) is 0 Å². The van der Waals surface area contributed by atoms with Crippen molar-refractivity contribution in [3.63, 3.8) is 0 Å². The van der Waals surface area contributed by atoms with Crippen LogP contribution < -0.4 is 4.74 Å². The Kier molecular flexibility index (Phi) is 3.17. The molecule has 0 aliphatic heterocycles. The molecule has 8 nitrogen and oxygen atoms in total. The molecule has 0 spiro atoms. The van der Waals surface area contributed by atoms with Crippen molar-refractivity contribution < 1.29 is 19.2 Å². The van der Waals surface area contributed by atoms with Gasteiger partial charge in [0, 0.05) is 0 Å². The topological polar surface area (TPSA) is 89.6 Å². The van der Waals surface area contributed by atoms with Gasteiger partial charge in [-0.3, -0.25) is 0 Å². The van der Waals surface area contributed by atoms with Crippen LogP contribution in [0.4, 0.5) is 4.79 Å². The predicted molar refractivity (Wildman–Crippen MR) is 38.3 cm³/mol.